The summed E-state index contributed by atoms with van der Waals surface area (Å²) in [6.07, 6.45) is 2.31. The number of allylic oxidation sites excluding steroid dienone is 1. The van der Waals surface area contributed by atoms with Crippen molar-refractivity contribution in [1.82, 2.24) is 0 Å². The molecule has 0 aliphatic heterocycles. The molecule has 0 bridgehead atoms. The Kier molecular flexibility index (Phi) is 3.93. The van der Waals surface area contributed by atoms with Crippen LogP contribution in [0.3, 0.4) is 0 Å². The molecule has 0 aromatic heterocycles. The summed E-state index contributed by atoms with van der Waals surface area (Å²) < 4.78 is 0.937. The molecule has 0 aliphatic rings. The van der Waals surface area contributed by atoms with Crippen LogP contribution in [0.5, 0.6) is 11.5 Å². The number of rotatable bonds is 2. The van der Waals surface area contributed by atoms with Gasteiger partial charge in [0.15, 0.2) is 11.5 Å². The van der Waals surface area contributed by atoms with Crippen LogP contribution in [0, 0.1) is 0 Å². The molecule has 1 aromatic rings. The van der Waals surface area contributed by atoms with Crippen molar-refractivity contribution in [1.29, 1.82) is 0 Å². The molecule has 0 heterocycles. The Hall–Kier alpha value is -0.810. The number of benzene rings is 1. The minimum absolute atomic E-state index is 0.234. The van der Waals surface area contributed by atoms with Crippen molar-refractivity contribution in [2.45, 2.75) is 6.92 Å². The largest absolute Gasteiger partial charge is 0.504 e. The first-order chi connectivity index (χ1) is 6.97. The third-order valence-corrected chi connectivity index (χ3v) is 3.92. The fraction of sp³-hybridized carbons (Fsp3) is 0.100. The van der Waals surface area contributed by atoms with Crippen molar-refractivity contribution in [3.05, 3.63) is 26.1 Å². The van der Waals surface area contributed by atoms with Crippen molar-refractivity contribution in [2.24, 2.45) is 0 Å². The summed E-state index contributed by atoms with van der Waals surface area (Å²) in [4.78, 5) is 10.5. The zero-order valence-electron chi connectivity index (χ0n) is 7.79. The summed E-state index contributed by atoms with van der Waals surface area (Å²) in [5.41, 5.74) is 1.13. The first-order valence-corrected chi connectivity index (χ1v) is 5.59. The highest BCUT2D eigenvalue weighted by Gasteiger charge is 2.12. The number of phenolic OH excluding ortho intramolecular Hbond substituents is 2. The van der Waals surface area contributed by atoms with E-state index in [9.17, 15) is 15.0 Å². The van der Waals surface area contributed by atoms with Gasteiger partial charge >= 0.3 is 0 Å². The van der Waals surface area contributed by atoms with Crippen LogP contribution in [-0.2, 0) is 4.79 Å². The molecule has 5 heteroatoms. The van der Waals surface area contributed by atoms with E-state index in [-0.39, 0.29) is 11.5 Å². The summed E-state index contributed by atoms with van der Waals surface area (Å²) in [5.74, 6) is -0.474. The lowest BCUT2D eigenvalue weighted by Crippen LogP contribution is -1.83. The van der Waals surface area contributed by atoms with E-state index in [2.05, 4.69) is 31.9 Å². The van der Waals surface area contributed by atoms with Crippen molar-refractivity contribution in [3.63, 3.8) is 0 Å². The van der Waals surface area contributed by atoms with Crippen LogP contribution < -0.4 is 0 Å². The Bertz CT molecular complexity index is 439. The monoisotopic (exact) mass is 334 g/mol. The highest BCUT2D eigenvalue weighted by molar-refractivity contribution is 9.13. The van der Waals surface area contributed by atoms with Crippen LogP contribution in [-0.4, -0.2) is 16.5 Å². The molecule has 2 N–H and O–H groups in total. The van der Waals surface area contributed by atoms with Crippen molar-refractivity contribution in [2.75, 3.05) is 0 Å². The van der Waals surface area contributed by atoms with Crippen LogP contribution in [0.15, 0.2) is 20.6 Å². The lowest BCUT2D eigenvalue weighted by atomic mass is 10.1. The van der Waals surface area contributed by atoms with Crippen LogP contribution >= 0.6 is 31.9 Å². The minimum Gasteiger partial charge on any atom is -0.504 e. The highest BCUT2D eigenvalue weighted by atomic mass is 79.9. The third kappa shape index (κ3) is 2.60. The Morgan fingerprint density at radius 1 is 1.33 bits per heavy atom. The zero-order valence-corrected chi connectivity index (χ0v) is 11.0. The third-order valence-electron chi connectivity index (χ3n) is 1.76. The van der Waals surface area contributed by atoms with E-state index in [1.54, 1.807) is 13.0 Å². The maximum atomic E-state index is 10.5. The number of aromatic hydroxyl groups is 2. The standard InChI is InChI=1S/C10H8Br2O3/c1-5(4-13)2-6-3-7(14)10(15)9(12)8(6)11/h2-4,14-15H,1H3. The Morgan fingerprint density at radius 3 is 2.47 bits per heavy atom. The van der Waals surface area contributed by atoms with Crippen LogP contribution in [0.25, 0.3) is 6.08 Å². The number of carbonyl (C=O) groups excluding carboxylic acids is 1. The van der Waals surface area contributed by atoms with Gasteiger partial charge in [0.2, 0.25) is 0 Å². The second-order valence-electron chi connectivity index (χ2n) is 2.97. The topological polar surface area (TPSA) is 57.5 Å². The zero-order chi connectivity index (χ0) is 11.6. The lowest BCUT2D eigenvalue weighted by molar-refractivity contribution is -0.104. The van der Waals surface area contributed by atoms with Gasteiger partial charge in [-0.1, -0.05) is 0 Å². The van der Waals surface area contributed by atoms with E-state index in [1.807, 2.05) is 0 Å². The van der Waals surface area contributed by atoms with E-state index < -0.39 is 0 Å². The van der Waals surface area contributed by atoms with E-state index in [0.29, 0.717) is 26.4 Å². The quantitative estimate of drug-likeness (QED) is 0.495. The van der Waals surface area contributed by atoms with Gasteiger partial charge in [-0.15, -0.1) is 0 Å². The van der Waals surface area contributed by atoms with Gasteiger partial charge in [-0.25, -0.2) is 0 Å². The summed E-state index contributed by atoms with van der Waals surface area (Å²) in [6, 6.07) is 1.37. The number of carbonyl (C=O) groups is 1. The molecular weight excluding hydrogens is 328 g/mol. The predicted molar refractivity (Wildman–Crippen MR) is 64.9 cm³/mol. The Morgan fingerprint density at radius 2 is 1.93 bits per heavy atom. The number of halogens is 2. The summed E-state index contributed by atoms with van der Waals surface area (Å²) in [6.45, 7) is 1.65. The van der Waals surface area contributed by atoms with E-state index in [4.69, 9.17) is 0 Å². The normalized spacial score (nSPS) is 11.5. The summed E-state index contributed by atoms with van der Waals surface area (Å²) in [7, 11) is 0. The average molecular weight is 336 g/mol. The molecule has 3 nitrogen and oxygen atoms in total. The number of hydrogen-bond donors (Lipinski definition) is 2. The van der Waals surface area contributed by atoms with E-state index in [1.165, 1.54) is 6.07 Å². The molecule has 0 spiro atoms. The number of phenols is 2. The highest BCUT2D eigenvalue weighted by Crippen LogP contribution is 2.41. The van der Waals surface area contributed by atoms with Gasteiger partial charge in [0.05, 0.1) is 4.47 Å². The molecule has 0 unspecified atom stereocenters. The van der Waals surface area contributed by atoms with Gasteiger partial charge in [0.1, 0.15) is 6.29 Å². The van der Waals surface area contributed by atoms with Gasteiger partial charge in [-0.05, 0) is 62.1 Å². The number of aldehydes is 1. The minimum atomic E-state index is -0.241. The van der Waals surface area contributed by atoms with Crippen LogP contribution in [0.1, 0.15) is 12.5 Å². The lowest BCUT2D eigenvalue weighted by Gasteiger charge is -2.06. The average Bonchev–Trinajstić information content (AvgIpc) is 2.22. The Labute approximate surface area is 104 Å². The van der Waals surface area contributed by atoms with Crippen molar-refractivity contribution < 1.29 is 15.0 Å². The second-order valence-corrected chi connectivity index (χ2v) is 4.55. The molecule has 1 rings (SSSR count). The van der Waals surface area contributed by atoms with Crippen molar-refractivity contribution >= 4 is 44.2 Å². The predicted octanol–water partition coefficient (Wildman–Crippen LogP) is 3.23. The fourth-order valence-corrected chi connectivity index (χ4v) is 1.86. The van der Waals surface area contributed by atoms with Gasteiger partial charge in [0, 0.05) is 4.47 Å². The maximum Gasteiger partial charge on any atom is 0.173 e. The molecule has 0 radical (unpaired) electrons. The van der Waals surface area contributed by atoms with Crippen LogP contribution in [0.4, 0.5) is 0 Å². The molecule has 0 fully saturated rings. The molecular formula is C10H8Br2O3. The van der Waals surface area contributed by atoms with Gasteiger partial charge in [0.25, 0.3) is 0 Å². The molecule has 80 valence electrons. The molecule has 0 aliphatic carbocycles. The second kappa shape index (κ2) is 4.81. The van der Waals surface area contributed by atoms with Gasteiger partial charge < -0.3 is 10.2 Å². The maximum absolute atomic E-state index is 10.5. The van der Waals surface area contributed by atoms with Gasteiger partial charge in [-0.3, -0.25) is 4.79 Å². The first-order valence-electron chi connectivity index (χ1n) is 4.00. The molecule has 1 aromatic carbocycles. The van der Waals surface area contributed by atoms with E-state index in [0.717, 1.165) is 0 Å². The molecule has 0 atom stereocenters. The number of hydrogen-bond acceptors (Lipinski definition) is 3. The molecule has 0 saturated heterocycles. The summed E-state index contributed by atoms with van der Waals surface area (Å²) >= 11 is 6.36. The van der Waals surface area contributed by atoms with Crippen molar-refractivity contribution in [3.8, 4) is 11.5 Å². The molecule has 0 amide bonds. The first kappa shape index (κ1) is 12.3. The smallest absolute Gasteiger partial charge is 0.173 e. The van der Waals surface area contributed by atoms with E-state index >= 15 is 0 Å². The SMILES string of the molecule is CC(C=O)=Cc1cc(O)c(O)c(Br)c1Br. The van der Waals surface area contributed by atoms with Gasteiger partial charge in [-0.2, -0.15) is 0 Å². The molecule has 15 heavy (non-hydrogen) atoms. The summed E-state index contributed by atoms with van der Waals surface area (Å²) in [5, 5.41) is 18.8. The fourth-order valence-electron chi connectivity index (χ4n) is 1.01. The Balaban J connectivity index is 3.39. The molecule has 0 saturated carbocycles. The van der Waals surface area contributed by atoms with Crippen LogP contribution in [0.2, 0.25) is 0 Å².